The van der Waals surface area contributed by atoms with Gasteiger partial charge in [-0.3, -0.25) is 0 Å². The summed E-state index contributed by atoms with van der Waals surface area (Å²) in [6, 6.07) is 4.29. The van der Waals surface area contributed by atoms with Crippen LogP contribution >= 0.6 is 22.9 Å². The van der Waals surface area contributed by atoms with Crippen molar-refractivity contribution in [1.82, 2.24) is 0 Å². The summed E-state index contributed by atoms with van der Waals surface area (Å²) >= 11 is 7.67. The van der Waals surface area contributed by atoms with Crippen molar-refractivity contribution in [2.45, 2.75) is 20.8 Å². The second-order valence-corrected chi connectivity index (χ2v) is 5.04. The molecule has 2 heteroatoms. The molecule has 0 amide bonds. The van der Waals surface area contributed by atoms with Crippen molar-refractivity contribution in [3.8, 4) is 0 Å². The van der Waals surface area contributed by atoms with Gasteiger partial charge in [0.25, 0.3) is 0 Å². The molecular formula is C11H15ClS. The van der Waals surface area contributed by atoms with Crippen LogP contribution in [-0.4, -0.2) is 5.88 Å². The average Bonchev–Trinajstić information content (AvgIpc) is 2.46. The monoisotopic (exact) mass is 214 g/mol. The lowest BCUT2D eigenvalue weighted by atomic mass is 10.0. The van der Waals surface area contributed by atoms with Crippen LogP contribution in [0.1, 0.15) is 23.6 Å². The van der Waals surface area contributed by atoms with E-state index in [-0.39, 0.29) is 0 Å². The van der Waals surface area contributed by atoms with E-state index in [2.05, 4.69) is 39.0 Å². The van der Waals surface area contributed by atoms with Gasteiger partial charge in [-0.2, -0.15) is 0 Å². The zero-order chi connectivity index (χ0) is 9.84. The Bertz CT molecular complexity index is 297. The second kappa shape index (κ2) is 4.83. The molecule has 0 aromatic carbocycles. The third-order valence-electron chi connectivity index (χ3n) is 1.98. The quantitative estimate of drug-likeness (QED) is 0.657. The van der Waals surface area contributed by atoms with Gasteiger partial charge in [0.15, 0.2) is 0 Å². The molecule has 0 nitrogen and oxygen atoms in total. The second-order valence-electron chi connectivity index (χ2n) is 3.46. The normalized spacial score (nSPS) is 12.5. The Kier molecular flexibility index (Phi) is 4.01. The molecular weight excluding hydrogens is 200 g/mol. The third-order valence-corrected chi connectivity index (χ3v) is 3.24. The molecule has 1 aromatic heterocycles. The summed E-state index contributed by atoms with van der Waals surface area (Å²) in [5, 5.41) is 0. The van der Waals surface area contributed by atoms with Gasteiger partial charge in [-0.15, -0.1) is 22.9 Å². The van der Waals surface area contributed by atoms with Crippen molar-refractivity contribution in [2.24, 2.45) is 5.92 Å². The van der Waals surface area contributed by atoms with Gasteiger partial charge >= 0.3 is 0 Å². The number of hydrogen-bond donors (Lipinski definition) is 0. The van der Waals surface area contributed by atoms with Gasteiger partial charge in [0.2, 0.25) is 0 Å². The molecule has 0 unspecified atom stereocenters. The molecule has 13 heavy (non-hydrogen) atoms. The highest BCUT2D eigenvalue weighted by Crippen LogP contribution is 2.21. The molecule has 0 aliphatic rings. The molecule has 0 N–H and O–H groups in total. The van der Waals surface area contributed by atoms with Crippen LogP contribution in [0.25, 0.3) is 6.08 Å². The molecule has 0 saturated heterocycles. The SMILES string of the molecule is Cc1ccc(C=C(CCl)C(C)C)s1. The Morgan fingerprint density at radius 2 is 2.23 bits per heavy atom. The fraction of sp³-hybridized carbons (Fsp3) is 0.455. The van der Waals surface area contributed by atoms with Crippen LogP contribution in [0.3, 0.4) is 0 Å². The minimum absolute atomic E-state index is 0.542. The summed E-state index contributed by atoms with van der Waals surface area (Å²) in [6.07, 6.45) is 2.20. The molecule has 1 aromatic rings. The van der Waals surface area contributed by atoms with Crippen LogP contribution in [0.2, 0.25) is 0 Å². The minimum Gasteiger partial charge on any atom is -0.141 e. The molecule has 0 spiro atoms. The maximum Gasteiger partial charge on any atom is 0.0439 e. The van der Waals surface area contributed by atoms with Crippen molar-refractivity contribution in [1.29, 1.82) is 0 Å². The van der Waals surface area contributed by atoms with E-state index in [9.17, 15) is 0 Å². The maximum atomic E-state index is 5.86. The van der Waals surface area contributed by atoms with Crippen LogP contribution in [0.5, 0.6) is 0 Å². The van der Waals surface area contributed by atoms with Gasteiger partial charge < -0.3 is 0 Å². The lowest BCUT2D eigenvalue weighted by Gasteiger charge is -2.06. The molecule has 0 aliphatic heterocycles. The smallest absolute Gasteiger partial charge is 0.0439 e. The Morgan fingerprint density at radius 1 is 1.54 bits per heavy atom. The Labute approximate surface area is 89.2 Å². The zero-order valence-electron chi connectivity index (χ0n) is 8.30. The Morgan fingerprint density at radius 3 is 2.62 bits per heavy atom. The van der Waals surface area contributed by atoms with Gasteiger partial charge in [-0.25, -0.2) is 0 Å². The highest BCUT2D eigenvalue weighted by atomic mass is 35.5. The first-order chi connectivity index (χ1) is 6.13. The average molecular weight is 215 g/mol. The Hall–Kier alpha value is -0.270. The van der Waals surface area contributed by atoms with Gasteiger partial charge in [0, 0.05) is 15.6 Å². The summed E-state index contributed by atoms with van der Waals surface area (Å²) in [7, 11) is 0. The van der Waals surface area contributed by atoms with Crippen LogP contribution in [0, 0.1) is 12.8 Å². The fourth-order valence-electron chi connectivity index (χ4n) is 1.07. The summed E-state index contributed by atoms with van der Waals surface area (Å²) in [6.45, 7) is 6.47. The van der Waals surface area contributed by atoms with E-state index in [0.29, 0.717) is 11.8 Å². The number of alkyl halides is 1. The first kappa shape index (κ1) is 10.8. The van der Waals surface area contributed by atoms with E-state index < -0.39 is 0 Å². The number of rotatable bonds is 3. The molecule has 0 bridgehead atoms. The zero-order valence-corrected chi connectivity index (χ0v) is 9.88. The van der Waals surface area contributed by atoms with Crippen LogP contribution in [0.15, 0.2) is 17.7 Å². The van der Waals surface area contributed by atoms with E-state index in [1.54, 1.807) is 0 Å². The number of hydrogen-bond acceptors (Lipinski definition) is 1. The summed E-state index contributed by atoms with van der Waals surface area (Å²) < 4.78 is 0. The standard InChI is InChI=1S/C11H15ClS/c1-8(2)10(7-12)6-11-5-4-9(3)13-11/h4-6,8H,7H2,1-3H3. The summed E-state index contributed by atoms with van der Waals surface area (Å²) in [4.78, 5) is 2.66. The van der Waals surface area contributed by atoms with Crippen LogP contribution < -0.4 is 0 Å². The van der Waals surface area contributed by atoms with Gasteiger partial charge in [-0.05, 0) is 31.1 Å². The lowest BCUT2D eigenvalue weighted by Crippen LogP contribution is -1.94. The van der Waals surface area contributed by atoms with Crippen molar-refractivity contribution < 1.29 is 0 Å². The first-order valence-corrected chi connectivity index (χ1v) is 5.81. The van der Waals surface area contributed by atoms with Crippen molar-refractivity contribution in [3.05, 3.63) is 27.5 Å². The van der Waals surface area contributed by atoms with E-state index in [1.807, 2.05) is 11.3 Å². The fourth-order valence-corrected chi connectivity index (χ4v) is 2.31. The number of halogens is 1. The lowest BCUT2D eigenvalue weighted by molar-refractivity contribution is 0.778. The maximum absolute atomic E-state index is 5.86. The highest BCUT2D eigenvalue weighted by molar-refractivity contribution is 7.12. The predicted octanol–water partition coefficient (Wildman–Crippen LogP) is 4.33. The van der Waals surface area contributed by atoms with E-state index in [0.717, 1.165) is 0 Å². The number of thiophene rings is 1. The molecule has 0 saturated carbocycles. The molecule has 1 heterocycles. The van der Waals surface area contributed by atoms with Gasteiger partial charge in [-0.1, -0.05) is 19.4 Å². The summed E-state index contributed by atoms with van der Waals surface area (Å²) in [5.41, 5.74) is 1.31. The number of aryl methyl sites for hydroxylation is 1. The molecule has 0 atom stereocenters. The topological polar surface area (TPSA) is 0 Å². The number of allylic oxidation sites excluding steroid dienone is 1. The first-order valence-electron chi connectivity index (χ1n) is 4.46. The van der Waals surface area contributed by atoms with E-state index in [4.69, 9.17) is 11.6 Å². The molecule has 1 rings (SSSR count). The van der Waals surface area contributed by atoms with Crippen LogP contribution in [-0.2, 0) is 0 Å². The molecule has 72 valence electrons. The van der Waals surface area contributed by atoms with Gasteiger partial charge in [0.1, 0.15) is 0 Å². The van der Waals surface area contributed by atoms with Crippen LogP contribution in [0.4, 0.5) is 0 Å². The van der Waals surface area contributed by atoms with Gasteiger partial charge in [0.05, 0.1) is 0 Å². The minimum atomic E-state index is 0.542. The summed E-state index contributed by atoms with van der Waals surface area (Å²) in [5.74, 6) is 1.18. The molecule has 0 fully saturated rings. The van der Waals surface area contributed by atoms with E-state index >= 15 is 0 Å². The third kappa shape index (κ3) is 3.17. The molecule has 0 aliphatic carbocycles. The highest BCUT2D eigenvalue weighted by Gasteiger charge is 2.02. The molecule has 0 radical (unpaired) electrons. The van der Waals surface area contributed by atoms with Crippen molar-refractivity contribution in [3.63, 3.8) is 0 Å². The Balaban J connectivity index is 2.84. The predicted molar refractivity (Wildman–Crippen MR) is 62.6 cm³/mol. The largest absolute Gasteiger partial charge is 0.141 e. The van der Waals surface area contributed by atoms with Crippen molar-refractivity contribution in [2.75, 3.05) is 5.88 Å². The van der Waals surface area contributed by atoms with E-state index in [1.165, 1.54) is 15.3 Å². The van der Waals surface area contributed by atoms with Crippen molar-refractivity contribution >= 4 is 29.0 Å².